The smallest absolute Gasteiger partial charge is 0.251 e. The average Bonchev–Trinajstić information content (AvgIpc) is 2.80. The number of nitrogens with one attached hydrogen (secondary N) is 1. The van der Waals surface area contributed by atoms with E-state index in [9.17, 15) is 15.0 Å². The van der Waals surface area contributed by atoms with Crippen LogP contribution in [-0.4, -0.2) is 42.2 Å². The number of unbranched alkanes of at least 4 members (excludes halogenated alkanes) is 12. The van der Waals surface area contributed by atoms with Crippen molar-refractivity contribution in [3.8, 4) is 0 Å². The predicted octanol–water partition coefficient (Wildman–Crippen LogP) is 5.00. The Morgan fingerprint density at radius 3 is 2.00 bits per heavy atom. The van der Waals surface area contributed by atoms with Gasteiger partial charge < -0.3 is 15.5 Å². The Morgan fingerprint density at radius 1 is 0.935 bits per heavy atom. The summed E-state index contributed by atoms with van der Waals surface area (Å²) < 4.78 is 0. The van der Waals surface area contributed by atoms with E-state index in [1.165, 1.54) is 70.6 Å². The molecule has 0 aromatic heterocycles. The van der Waals surface area contributed by atoms with Gasteiger partial charge in [-0.3, -0.25) is 4.79 Å². The molecule has 0 saturated carbocycles. The number of hydrogen-bond donors (Lipinski definition) is 3. The van der Waals surface area contributed by atoms with Crippen LogP contribution in [0.15, 0.2) is 24.3 Å². The first-order valence-corrected chi connectivity index (χ1v) is 12.6. The van der Waals surface area contributed by atoms with Crippen LogP contribution in [0.1, 0.15) is 107 Å². The Bertz CT molecular complexity index is 582. The third-order valence-corrected chi connectivity index (χ3v) is 6.06. The zero-order valence-electron chi connectivity index (χ0n) is 20.0. The molecule has 5 heteroatoms. The Kier molecular flexibility index (Phi) is 16.3. The van der Waals surface area contributed by atoms with E-state index in [1.54, 1.807) is 6.07 Å². The van der Waals surface area contributed by atoms with E-state index in [1.807, 2.05) is 32.3 Å². The zero-order valence-corrected chi connectivity index (χ0v) is 20.0. The van der Waals surface area contributed by atoms with E-state index in [0.29, 0.717) is 12.0 Å². The standard InChI is InChI=1S/C26H45BNO3/c1-3-4-5-6-7-8-9-10-11-12-13-14-15-19-25(30)24(21-29)28-26(31)22-17-16-18-23(20-22)27-2/h16-18,20,24-25,29-30H,3-15,19,21H2,1-2H3,(H,28,31)/t24-,25?/m0/s1. The third kappa shape index (κ3) is 13.0. The van der Waals surface area contributed by atoms with Gasteiger partial charge in [-0.1, -0.05) is 121 Å². The summed E-state index contributed by atoms with van der Waals surface area (Å²) in [6, 6.07) is 6.70. The molecule has 4 nitrogen and oxygen atoms in total. The number of carbonyl (C=O) groups is 1. The van der Waals surface area contributed by atoms with Crippen LogP contribution in [0.25, 0.3) is 0 Å². The van der Waals surface area contributed by atoms with E-state index in [-0.39, 0.29) is 12.5 Å². The Morgan fingerprint density at radius 2 is 1.48 bits per heavy atom. The molecule has 1 unspecified atom stereocenters. The second-order valence-electron chi connectivity index (χ2n) is 8.78. The molecule has 31 heavy (non-hydrogen) atoms. The van der Waals surface area contributed by atoms with Crippen molar-refractivity contribution in [1.29, 1.82) is 0 Å². The van der Waals surface area contributed by atoms with Gasteiger partial charge in [-0.2, -0.15) is 0 Å². The first kappa shape index (κ1) is 27.7. The number of aliphatic hydroxyl groups excluding tert-OH is 2. The summed E-state index contributed by atoms with van der Waals surface area (Å²) in [5.74, 6) is -0.257. The SMILES string of the molecule is C[B]c1cccc(C(=O)N[C@@H](CO)C(O)CCCCCCCCCCCCCCC)c1. The fourth-order valence-corrected chi connectivity index (χ4v) is 3.95. The summed E-state index contributed by atoms with van der Waals surface area (Å²) >= 11 is 0. The highest BCUT2D eigenvalue weighted by Crippen LogP contribution is 2.14. The summed E-state index contributed by atoms with van der Waals surface area (Å²) in [7, 11) is 1.93. The molecule has 1 rings (SSSR count). The first-order chi connectivity index (χ1) is 15.1. The number of rotatable bonds is 19. The topological polar surface area (TPSA) is 69.6 Å². The van der Waals surface area contributed by atoms with Crippen molar-refractivity contribution < 1.29 is 15.0 Å². The highest BCUT2D eigenvalue weighted by molar-refractivity contribution is 6.52. The minimum absolute atomic E-state index is 0.257. The summed E-state index contributed by atoms with van der Waals surface area (Å²) in [6.45, 7) is 3.92. The maximum absolute atomic E-state index is 12.4. The lowest BCUT2D eigenvalue weighted by Crippen LogP contribution is -2.46. The van der Waals surface area contributed by atoms with Crippen LogP contribution in [0.5, 0.6) is 0 Å². The fraction of sp³-hybridized carbons (Fsp3) is 0.731. The van der Waals surface area contributed by atoms with Crippen LogP contribution in [0, 0.1) is 0 Å². The largest absolute Gasteiger partial charge is 0.394 e. The summed E-state index contributed by atoms with van der Waals surface area (Å²) in [5.41, 5.74) is 1.52. The molecule has 0 bridgehead atoms. The number of amides is 1. The Hall–Kier alpha value is -1.33. The van der Waals surface area contributed by atoms with Crippen LogP contribution >= 0.6 is 0 Å². The van der Waals surface area contributed by atoms with Crippen molar-refractivity contribution in [3.05, 3.63) is 29.8 Å². The predicted molar refractivity (Wildman–Crippen MR) is 132 cm³/mol. The molecular formula is C26H45BNO3. The molecule has 0 spiro atoms. The molecule has 0 heterocycles. The molecular weight excluding hydrogens is 385 g/mol. The van der Waals surface area contributed by atoms with Crippen LogP contribution in [-0.2, 0) is 0 Å². The van der Waals surface area contributed by atoms with Gasteiger partial charge in [0, 0.05) is 5.56 Å². The molecule has 3 N–H and O–H groups in total. The highest BCUT2D eigenvalue weighted by atomic mass is 16.3. The normalized spacial score (nSPS) is 13.0. The molecule has 1 radical (unpaired) electrons. The second kappa shape index (κ2) is 18.3. The van der Waals surface area contributed by atoms with Crippen LogP contribution < -0.4 is 10.8 Å². The van der Waals surface area contributed by atoms with E-state index in [4.69, 9.17) is 0 Å². The number of hydrogen-bond acceptors (Lipinski definition) is 3. The summed E-state index contributed by atoms with van der Waals surface area (Å²) in [5, 5.41) is 22.8. The van der Waals surface area contributed by atoms with Crippen LogP contribution in [0.2, 0.25) is 6.82 Å². The molecule has 0 aliphatic rings. The lowest BCUT2D eigenvalue weighted by atomic mass is 9.73. The van der Waals surface area contributed by atoms with Gasteiger partial charge in [-0.05, 0) is 12.5 Å². The third-order valence-electron chi connectivity index (χ3n) is 6.06. The van der Waals surface area contributed by atoms with Crippen molar-refractivity contribution >= 4 is 18.6 Å². The Balaban J connectivity index is 2.10. The van der Waals surface area contributed by atoms with Gasteiger partial charge >= 0.3 is 0 Å². The van der Waals surface area contributed by atoms with Gasteiger partial charge in [-0.25, -0.2) is 0 Å². The van der Waals surface area contributed by atoms with Crippen molar-refractivity contribution in [3.63, 3.8) is 0 Å². The molecule has 0 aliphatic carbocycles. The molecule has 2 atom stereocenters. The average molecular weight is 430 g/mol. The maximum Gasteiger partial charge on any atom is 0.251 e. The van der Waals surface area contributed by atoms with E-state index in [2.05, 4.69) is 12.2 Å². The van der Waals surface area contributed by atoms with Crippen LogP contribution in [0.4, 0.5) is 0 Å². The second-order valence-corrected chi connectivity index (χ2v) is 8.78. The summed E-state index contributed by atoms with van der Waals surface area (Å²) in [4.78, 5) is 12.4. The van der Waals surface area contributed by atoms with Gasteiger partial charge in [0.25, 0.3) is 5.91 Å². The molecule has 1 aromatic carbocycles. The molecule has 0 aliphatic heterocycles. The van der Waals surface area contributed by atoms with E-state index < -0.39 is 12.1 Å². The molecule has 1 amide bonds. The highest BCUT2D eigenvalue weighted by Gasteiger charge is 2.21. The quantitative estimate of drug-likeness (QED) is 0.214. The van der Waals surface area contributed by atoms with Gasteiger partial charge in [0.1, 0.15) is 7.28 Å². The Labute approximate surface area is 191 Å². The lowest BCUT2D eigenvalue weighted by molar-refractivity contribution is 0.0662. The van der Waals surface area contributed by atoms with E-state index >= 15 is 0 Å². The molecule has 1 aromatic rings. The van der Waals surface area contributed by atoms with Crippen molar-refractivity contribution in [1.82, 2.24) is 5.32 Å². The van der Waals surface area contributed by atoms with Gasteiger partial charge in [0.2, 0.25) is 0 Å². The monoisotopic (exact) mass is 430 g/mol. The molecule has 0 saturated heterocycles. The van der Waals surface area contributed by atoms with Gasteiger partial charge in [0.15, 0.2) is 0 Å². The van der Waals surface area contributed by atoms with Gasteiger partial charge in [-0.15, -0.1) is 0 Å². The minimum atomic E-state index is -0.720. The maximum atomic E-state index is 12.4. The van der Waals surface area contributed by atoms with Crippen molar-refractivity contribution in [2.45, 2.75) is 116 Å². The summed E-state index contributed by atoms with van der Waals surface area (Å²) in [6.07, 6.45) is 16.6. The number of benzene rings is 1. The van der Waals surface area contributed by atoms with Crippen molar-refractivity contribution in [2.24, 2.45) is 0 Å². The van der Waals surface area contributed by atoms with Crippen LogP contribution in [0.3, 0.4) is 0 Å². The fourth-order valence-electron chi connectivity index (χ4n) is 3.95. The van der Waals surface area contributed by atoms with Gasteiger partial charge in [0.05, 0.1) is 18.8 Å². The lowest BCUT2D eigenvalue weighted by Gasteiger charge is -2.22. The zero-order chi connectivity index (χ0) is 22.7. The molecule has 175 valence electrons. The number of carbonyl (C=O) groups excluding carboxylic acids is 1. The van der Waals surface area contributed by atoms with E-state index in [0.717, 1.165) is 18.3 Å². The first-order valence-electron chi connectivity index (χ1n) is 12.6. The number of aliphatic hydroxyl groups is 2. The molecule has 0 fully saturated rings. The van der Waals surface area contributed by atoms with Crippen molar-refractivity contribution in [2.75, 3.05) is 6.61 Å². The minimum Gasteiger partial charge on any atom is -0.394 e.